The predicted octanol–water partition coefficient (Wildman–Crippen LogP) is 3.63. The van der Waals surface area contributed by atoms with Gasteiger partial charge in [0.25, 0.3) is 0 Å². The van der Waals surface area contributed by atoms with E-state index in [9.17, 15) is 0 Å². The lowest BCUT2D eigenvalue weighted by atomic mass is 9.57. The van der Waals surface area contributed by atoms with Gasteiger partial charge in [0.15, 0.2) is 0 Å². The smallest absolute Gasteiger partial charge is 0.0599 e. The molecule has 0 aliphatic heterocycles. The van der Waals surface area contributed by atoms with Crippen LogP contribution in [0.4, 0.5) is 0 Å². The summed E-state index contributed by atoms with van der Waals surface area (Å²) in [6.07, 6.45) is 9.09. The van der Waals surface area contributed by atoms with Gasteiger partial charge in [0, 0.05) is 7.11 Å². The second kappa shape index (κ2) is 3.84. The molecule has 1 nitrogen and oxygen atoms in total. The van der Waals surface area contributed by atoms with Crippen molar-refractivity contribution in [2.24, 2.45) is 17.3 Å². The average Bonchev–Trinajstić information content (AvgIpc) is 2.15. The van der Waals surface area contributed by atoms with Gasteiger partial charge in [0.1, 0.15) is 0 Å². The molecule has 0 amide bonds. The molecule has 14 heavy (non-hydrogen) atoms. The van der Waals surface area contributed by atoms with Crippen LogP contribution in [-0.2, 0) is 4.74 Å². The van der Waals surface area contributed by atoms with Crippen LogP contribution in [0.5, 0.6) is 0 Å². The van der Waals surface area contributed by atoms with E-state index in [0.29, 0.717) is 11.5 Å². The maximum Gasteiger partial charge on any atom is 0.0599 e. The van der Waals surface area contributed by atoms with Crippen LogP contribution >= 0.6 is 0 Å². The van der Waals surface area contributed by atoms with Gasteiger partial charge in [0.05, 0.1) is 6.10 Å². The van der Waals surface area contributed by atoms with Crippen molar-refractivity contribution in [2.75, 3.05) is 7.11 Å². The minimum Gasteiger partial charge on any atom is -0.381 e. The van der Waals surface area contributed by atoms with E-state index in [-0.39, 0.29) is 0 Å². The summed E-state index contributed by atoms with van der Waals surface area (Å²) in [6.45, 7) is 4.70. The molecule has 4 unspecified atom stereocenters. The molecule has 2 saturated carbocycles. The van der Waals surface area contributed by atoms with Crippen LogP contribution in [0.2, 0.25) is 0 Å². The molecule has 2 aliphatic carbocycles. The van der Waals surface area contributed by atoms with Crippen molar-refractivity contribution in [3.05, 3.63) is 0 Å². The lowest BCUT2D eigenvalue weighted by Crippen LogP contribution is -2.44. The molecule has 0 aromatic carbocycles. The minimum absolute atomic E-state index is 0.466. The standard InChI is InChI=1S/C13H24O/c1-10-7-12-5-4-6-13(8-10,9-12)11(2)14-3/h10-12H,4-9H2,1-3H3. The van der Waals surface area contributed by atoms with Gasteiger partial charge in [-0.25, -0.2) is 0 Å². The number of ether oxygens (including phenoxy) is 1. The molecule has 2 rings (SSSR count). The summed E-state index contributed by atoms with van der Waals surface area (Å²) >= 11 is 0. The van der Waals surface area contributed by atoms with E-state index in [1.54, 1.807) is 0 Å². The van der Waals surface area contributed by atoms with Gasteiger partial charge in [-0.3, -0.25) is 0 Å². The number of fused-ring (bicyclic) bond motifs is 2. The van der Waals surface area contributed by atoms with Crippen molar-refractivity contribution >= 4 is 0 Å². The van der Waals surface area contributed by atoms with E-state index in [4.69, 9.17) is 4.74 Å². The summed E-state index contributed by atoms with van der Waals surface area (Å²) in [7, 11) is 1.88. The van der Waals surface area contributed by atoms with Gasteiger partial charge in [-0.1, -0.05) is 19.8 Å². The van der Waals surface area contributed by atoms with Gasteiger partial charge in [0.2, 0.25) is 0 Å². The minimum atomic E-state index is 0.466. The zero-order valence-electron chi connectivity index (χ0n) is 9.88. The number of rotatable bonds is 2. The van der Waals surface area contributed by atoms with Crippen LogP contribution in [0.15, 0.2) is 0 Å². The van der Waals surface area contributed by atoms with E-state index in [0.717, 1.165) is 11.8 Å². The first kappa shape index (κ1) is 10.5. The first-order valence-electron chi connectivity index (χ1n) is 6.19. The van der Waals surface area contributed by atoms with Crippen LogP contribution in [0.25, 0.3) is 0 Å². The number of hydrogen-bond donors (Lipinski definition) is 0. The molecule has 0 radical (unpaired) electrons. The van der Waals surface area contributed by atoms with Gasteiger partial charge in [-0.2, -0.15) is 0 Å². The van der Waals surface area contributed by atoms with Crippen molar-refractivity contribution in [2.45, 2.75) is 58.5 Å². The third kappa shape index (κ3) is 1.71. The second-order valence-electron chi connectivity index (χ2n) is 5.75. The Bertz CT molecular complexity index is 197. The monoisotopic (exact) mass is 196 g/mol. The Morgan fingerprint density at radius 3 is 2.86 bits per heavy atom. The van der Waals surface area contributed by atoms with Crippen molar-refractivity contribution in [1.29, 1.82) is 0 Å². The average molecular weight is 196 g/mol. The Morgan fingerprint density at radius 2 is 2.14 bits per heavy atom. The fourth-order valence-corrected chi connectivity index (χ4v) is 4.04. The molecule has 82 valence electrons. The maximum absolute atomic E-state index is 5.61. The highest BCUT2D eigenvalue weighted by Gasteiger charge is 2.45. The van der Waals surface area contributed by atoms with Crippen molar-refractivity contribution in [3.63, 3.8) is 0 Å². The fourth-order valence-electron chi connectivity index (χ4n) is 4.04. The van der Waals surface area contributed by atoms with Crippen molar-refractivity contribution < 1.29 is 4.74 Å². The van der Waals surface area contributed by atoms with Gasteiger partial charge >= 0.3 is 0 Å². The van der Waals surface area contributed by atoms with E-state index >= 15 is 0 Å². The summed E-state index contributed by atoms with van der Waals surface area (Å²) in [5.41, 5.74) is 0.537. The quantitative estimate of drug-likeness (QED) is 0.655. The SMILES string of the molecule is COC(C)C12CCCC(CC(C)C1)C2. The van der Waals surface area contributed by atoms with Crippen molar-refractivity contribution in [3.8, 4) is 0 Å². The van der Waals surface area contributed by atoms with Gasteiger partial charge in [-0.15, -0.1) is 0 Å². The number of methoxy groups -OCH3 is 1. The Balaban J connectivity index is 2.14. The lowest BCUT2D eigenvalue weighted by Gasteiger charge is -2.50. The molecule has 2 bridgehead atoms. The largest absolute Gasteiger partial charge is 0.381 e. The lowest BCUT2D eigenvalue weighted by molar-refractivity contribution is -0.0729. The van der Waals surface area contributed by atoms with Gasteiger partial charge in [-0.05, 0) is 49.9 Å². The molecular weight excluding hydrogens is 172 g/mol. The second-order valence-corrected chi connectivity index (χ2v) is 5.75. The molecule has 2 fully saturated rings. The van der Waals surface area contributed by atoms with Crippen LogP contribution in [0.1, 0.15) is 52.4 Å². The summed E-state index contributed by atoms with van der Waals surface area (Å²) in [5.74, 6) is 1.93. The molecule has 0 N–H and O–H groups in total. The molecule has 4 atom stereocenters. The summed E-state index contributed by atoms with van der Waals surface area (Å²) in [5, 5.41) is 0. The normalized spacial score (nSPS) is 44.8. The van der Waals surface area contributed by atoms with E-state index in [1.807, 2.05) is 7.11 Å². The highest BCUT2D eigenvalue weighted by Crippen LogP contribution is 2.53. The molecule has 0 aromatic rings. The molecule has 0 aromatic heterocycles. The van der Waals surface area contributed by atoms with E-state index in [1.165, 1.54) is 38.5 Å². The Labute approximate surface area is 88.2 Å². The molecule has 1 heteroatoms. The van der Waals surface area contributed by atoms with Crippen LogP contribution in [0, 0.1) is 17.3 Å². The van der Waals surface area contributed by atoms with Crippen LogP contribution in [0.3, 0.4) is 0 Å². The van der Waals surface area contributed by atoms with Gasteiger partial charge < -0.3 is 4.74 Å². The summed E-state index contributed by atoms with van der Waals surface area (Å²) < 4.78 is 5.61. The van der Waals surface area contributed by atoms with Crippen LogP contribution < -0.4 is 0 Å². The van der Waals surface area contributed by atoms with Crippen LogP contribution in [-0.4, -0.2) is 13.2 Å². The zero-order chi connectivity index (χ0) is 10.2. The summed E-state index contributed by atoms with van der Waals surface area (Å²) in [4.78, 5) is 0. The highest BCUT2D eigenvalue weighted by atomic mass is 16.5. The molecule has 0 spiro atoms. The predicted molar refractivity (Wildman–Crippen MR) is 59.3 cm³/mol. The third-order valence-electron chi connectivity index (χ3n) is 4.69. The Morgan fingerprint density at radius 1 is 1.36 bits per heavy atom. The fraction of sp³-hybridized carbons (Fsp3) is 1.00. The third-order valence-corrected chi connectivity index (χ3v) is 4.69. The Kier molecular flexibility index (Phi) is 2.88. The highest BCUT2D eigenvalue weighted by molar-refractivity contribution is 4.95. The number of hydrogen-bond acceptors (Lipinski definition) is 1. The first-order valence-corrected chi connectivity index (χ1v) is 6.19. The summed E-state index contributed by atoms with van der Waals surface area (Å²) in [6, 6.07) is 0. The zero-order valence-corrected chi connectivity index (χ0v) is 9.88. The topological polar surface area (TPSA) is 9.23 Å². The molecule has 2 aliphatic rings. The van der Waals surface area contributed by atoms with E-state index in [2.05, 4.69) is 13.8 Å². The Hall–Kier alpha value is -0.0400. The molecular formula is C13H24O. The first-order chi connectivity index (χ1) is 6.66. The molecule has 0 heterocycles. The molecule has 0 saturated heterocycles. The van der Waals surface area contributed by atoms with E-state index < -0.39 is 0 Å². The maximum atomic E-state index is 5.61. The van der Waals surface area contributed by atoms with Crippen molar-refractivity contribution in [1.82, 2.24) is 0 Å².